The number of hydrogen-bond acceptors (Lipinski definition) is 4. The average molecular weight is 348 g/mol. The number of benzene rings is 2. The van der Waals surface area contributed by atoms with Gasteiger partial charge >= 0.3 is 5.97 Å². The van der Waals surface area contributed by atoms with Crippen LogP contribution in [0.2, 0.25) is 0 Å². The van der Waals surface area contributed by atoms with Crippen molar-refractivity contribution in [3.05, 3.63) is 80.0 Å². The van der Waals surface area contributed by atoms with Crippen molar-refractivity contribution in [2.24, 2.45) is 0 Å². The van der Waals surface area contributed by atoms with Gasteiger partial charge in [-0.25, -0.2) is 13.8 Å². The van der Waals surface area contributed by atoms with Gasteiger partial charge in [0.2, 0.25) is 0 Å². The highest BCUT2D eigenvalue weighted by molar-refractivity contribution is 6.04. The summed E-state index contributed by atoms with van der Waals surface area (Å²) in [5.74, 6) is -0.548. The predicted octanol–water partition coefficient (Wildman–Crippen LogP) is 2.47. The maximum absolute atomic E-state index is 13.1. The molecule has 0 aliphatic rings. The molecule has 2 aromatic carbocycles. The average Bonchev–Trinajstić information content (AvgIpc) is 2.64. The van der Waals surface area contributed by atoms with Crippen molar-refractivity contribution in [2.45, 2.75) is 13.8 Å². The molecule has 0 aliphatic heterocycles. The Bertz CT molecular complexity index is 1350. The van der Waals surface area contributed by atoms with Gasteiger partial charge in [-0.1, -0.05) is 23.8 Å². The molecule has 0 radical (unpaired) electrons. The van der Waals surface area contributed by atoms with Crippen molar-refractivity contribution in [3.8, 4) is 0 Å². The second-order valence-electron chi connectivity index (χ2n) is 6.25. The smallest absolute Gasteiger partial charge is 0.340 e. The minimum absolute atomic E-state index is 0.281. The number of carbonyl (C=O) groups is 1. The third-order valence-electron chi connectivity index (χ3n) is 4.69. The second kappa shape index (κ2) is 5.56. The standard InChI is InChI=1S/C20H16N2O4/c1-11-8-9-16-15(10-11)17(20(25)26-3)12(2)21-18(23)13-6-4-5-7-14(13)19(24)22(16)21/h4-10H,1-3H3. The van der Waals surface area contributed by atoms with E-state index in [4.69, 9.17) is 4.74 Å². The lowest BCUT2D eigenvalue weighted by atomic mass is 10.0. The number of aryl methyl sites for hydroxylation is 2. The molecule has 0 bridgehead atoms. The van der Waals surface area contributed by atoms with Crippen molar-refractivity contribution in [3.63, 3.8) is 0 Å². The van der Waals surface area contributed by atoms with Gasteiger partial charge in [-0.05, 0) is 38.1 Å². The van der Waals surface area contributed by atoms with E-state index in [2.05, 4.69) is 0 Å². The van der Waals surface area contributed by atoms with E-state index >= 15 is 0 Å². The summed E-state index contributed by atoms with van der Waals surface area (Å²) in [6, 6.07) is 12.1. The van der Waals surface area contributed by atoms with Crippen LogP contribution < -0.4 is 11.1 Å². The van der Waals surface area contributed by atoms with Gasteiger partial charge < -0.3 is 4.74 Å². The zero-order valence-corrected chi connectivity index (χ0v) is 14.6. The Morgan fingerprint density at radius 1 is 0.885 bits per heavy atom. The van der Waals surface area contributed by atoms with Gasteiger partial charge in [-0.2, -0.15) is 0 Å². The molecule has 2 heterocycles. The normalized spacial score (nSPS) is 11.3. The van der Waals surface area contributed by atoms with Crippen molar-refractivity contribution in [1.29, 1.82) is 0 Å². The summed E-state index contributed by atoms with van der Waals surface area (Å²) < 4.78 is 7.52. The summed E-state index contributed by atoms with van der Waals surface area (Å²) in [6.45, 7) is 3.54. The molecule has 0 fully saturated rings. The van der Waals surface area contributed by atoms with Crippen LogP contribution in [0.4, 0.5) is 0 Å². The predicted molar refractivity (Wildman–Crippen MR) is 99.2 cm³/mol. The molecule has 6 nitrogen and oxygen atoms in total. The number of nitrogens with zero attached hydrogens (tertiary/aromatic N) is 2. The van der Waals surface area contributed by atoms with Crippen LogP contribution in [0.15, 0.2) is 52.1 Å². The van der Waals surface area contributed by atoms with Gasteiger partial charge in [-0.3, -0.25) is 9.59 Å². The van der Waals surface area contributed by atoms with E-state index in [0.29, 0.717) is 27.4 Å². The molecule has 0 saturated heterocycles. The van der Waals surface area contributed by atoms with Gasteiger partial charge in [0.15, 0.2) is 0 Å². The van der Waals surface area contributed by atoms with Crippen molar-refractivity contribution in [1.82, 2.24) is 9.03 Å². The first-order valence-corrected chi connectivity index (χ1v) is 8.13. The molecule has 130 valence electrons. The number of fused-ring (bicyclic) bond motifs is 4. The zero-order valence-electron chi connectivity index (χ0n) is 14.6. The topological polar surface area (TPSA) is 69.3 Å². The zero-order chi connectivity index (χ0) is 18.6. The largest absolute Gasteiger partial charge is 0.465 e. The van der Waals surface area contributed by atoms with Gasteiger partial charge in [0.25, 0.3) is 11.1 Å². The lowest BCUT2D eigenvalue weighted by Crippen LogP contribution is -2.33. The van der Waals surface area contributed by atoms with Crippen LogP contribution in [0, 0.1) is 13.8 Å². The number of rotatable bonds is 1. The first-order chi connectivity index (χ1) is 12.5. The Hall–Kier alpha value is -3.41. The van der Waals surface area contributed by atoms with E-state index in [1.807, 2.05) is 19.1 Å². The first-order valence-electron chi connectivity index (χ1n) is 8.13. The third kappa shape index (κ3) is 2.02. The molecule has 0 atom stereocenters. The quantitative estimate of drug-likeness (QED) is 0.301. The van der Waals surface area contributed by atoms with E-state index in [9.17, 15) is 14.4 Å². The molecule has 0 spiro atoms. The molecule has 4 aromatic rings. The van der Waals surface area contributed by atoms with Crippen molar-refractivity contribution < 1.29 is 9.53 Å². The van der Waals surface area contributed by atoms with Gasteiger partial charge in [0.05, 0.1) is 34.7 Å². The van der Waals surface area contributed by atoms with Crippen LogP contribution in [-0.4, -0.2) is 22.1 Å². The van der Waals surface area contributed by atoms with E-state index in [1.54, 1.807) is 37.3 Å². The van der Waals surface area contributed by atoms with Crippen LogP contribution in [-0.2, 0) is 4.74 Å². The molecule has 6 heteroatoms. The van der Waals surface area contributed by atoms with E-state index in [-0.39, 0.29) is 16.7 Å². The van der Waals surface area contributed by atoms with Crippen LogP contribution in [0.3, 0.4) is 0 Å². The van der Waals surface area contributed by atoms with Crippen molar-refractivity contribution in [2.75, 3.05) is 7.11 Å². The number of hydrogen-bond donors (Lipinski definition) is 0. The molecule has 2 aromatic heterocycles. The fourth-order valence-electron chi connectivity index (χ4n) is 3.48. The molecule has 0 unspecified atom stereocenters. The Balaban J connectivity index is 2.44. The minimum atomic E-state index is -0.548. The van der Waals surface area contributed by atoms with E-state index in [1.165, 1.54) is 16.1 Å². The lowest BCUT2D eigenvalue weighted by molar-refractivity contribution is 0.0601. The molecule has 26 heavy (non-hydrogen) atoms. The molecule has 4 rings (SSSR count). The lowest BCUT2D eigenvalue weighted by Gasteiger charge is -2.16. The van der Waals surface area contributed by atoms with Crippen molar-refractivity contribution >= 4 is 27.6 Å². The minimum Gasteiger partial charge on any atom is -0.465 e. The van der Waals surface area contributed by atoms with Crippen LogP contribution in [0.25, 0.3) is 21.7 Å². The summed E-state index contributed by atoms with van der Waals surface area (Å²) in [7, 11) is 1.29. The van der Waals surface area contributed by atoms with E-state index in [0.717, 1.165) is 5.56 Å². The number of esters is 1. The Kier molecular flexibility index (Phi) is 3.44. The van der Waals surface area contributed by atoms with Gasteiger partial charge in [-0.15, -0.1) is 0 Å². The fourth-order valence-corrected chi connectivity index (χ4v) is 3.48. The fraction of sp³-hybridized carbons (Fsp3) is 0.150. The molecule has 0 aliphatic carbocycles. The van der Waals surface area contributed by atoms with Crippen LogP contribution in [0.1, 0.15) is 21.6 Å². The molecule has 0 amide bonds. The maximum Gasteiger partial charge on any atom is 0.340 e. The highest BCUT2D eigenvalue weighted by Crippen LogP contribution is 2.23. The Morgan fingerprint density at radius 3 is 2.12 bits per heavy atom. The maximum atomic E-state index is 13.1. The first kappa shape index (κ1) is 16.1. The number of ether oxygens (including phenoxy) is 1. The van der Waals surface area contributed by atoms with Gasteiger partial charge in [0, 0.05) is 5.39 Å². The summed E-state index contributed by atoms with van der Waals surface area (Å²) in [5, 5.41) is 1.23. The summed E-state index contributed by atoms with van der Waals surface area (Å²) in [5.41, 5.74) is 1.39. The SMILES string of the molecule is COC(=O)c1c(C)n2c(=O)c3ccccc3c(=O)n2c2ccc(C)cc12. The Morgan fingerprint density at radius 2 is 1.50 bits per heavy atom. The number of aromatic nitrogens is 2. The highest BCUT2D eigenvalue weighted by Gasteiger charge is 2.21. The summed E-state index contributed by atoms with van der Waals surface area (Å²) in [4.78, 5) is 38.7. The molecular weight excluding hydrogens is 332 g/mol. The van der Waals surface area contributed by atoms with Gasteiger partial charge in [0.1, 0.15) is 0 Å². The number of carbonyl (C=O) groups excluding carboxylic acids is 1. The Labute approximate surface area is 147 Å². The van der Waals surface area contributed by atoms with E-state index < -0.39 is 5.97 Å². The number of methoxy groups -OCH3 is 1. The highest BCUT2D eigenvalue weighted by atomic mass is 16.5. The second-order valence-corrected chi connectivity index (χ2v) is 6.25. The van der Waals surface area contributed by atoms with Crippen LogP contribution >= 0.6 is 0 Å². The van der Waals surface area contributed by atoms with Crippen LogP contribution in [0.5, 0.6) is 0 Å². The summed E-state index contributed by atoms with van der Waals surface area (Å²) >= 11 is 0. The molecular formula is C20H16N2O4. The summed E-state index contributed by atoms with van der Waals surface area (Å²) in [6.07, 6.45) is 0. The molecule has 0 N–H and O–H groups in total. The third-order valence-corrected chi connectivity index (χ3v) is 4.69. The molecule has 0 saturated carbocycles. The monoisotopic (exact) mass is 348 g/mol.